The Kier molecular flexibility index (Phi) is 4.28. The van der Waals surface area contributed by atoms with Crippen LogP contribution in [0.4, 0.5) is 0 Å². The molecule has 0 saturated heterocycles. The number of hydrazone groups is 1. The first-order valence-electron chi connectivity index (χ1n) is 4.41. The predicted molar refractivity (Wildman–Crippen MR) is 56.8 cm³/mol. The minimum Gasteiger partial charge on any atom is -0.496 e. The third-order valence-corrected chi connectivity index (χ3v) is 1.90. The van der Waals surface area contributed by atoms with Crippen molar-refractivity contribution in [3.05, 3.63) is 29.3 Å². The van der Waals surface area contributed by atoms with Crippen molar-refractivity contribution in [3.8, 4) is 5.75 Å². The summed E-state index contributed by atoms with van der Waals surface area (Å²) in [5.41, 5.74) is 2.64. The number of ether oxygens (including phenoxy) is 2. The minimum atomic E-state index is -0.472. The smallest absolute Gasteiger partial charge is 0.341 e. The van der Waals surface area contributed by atoms with Crippen molar-refractivity contribution in [1.82, 2.24) is 5.59 Å². The van der Waals surface area contributed by atoms with Crippen molar-refractivity contribution in [2.75, 3.05) is 14.2 Å². The zero-order valence-electron chi connectivity index (χ0n) is 8.93. The second-order valence-corrected chi connectivity index (χ2v) is 2.81. The fraction of sp³-hybridized carbons (Fsp3) is 0.200. The van der Waals surface area contributed by atoms with Crippen molar-refractivity contribution in [3.63, 3.8) is 0 Å². The van der Waals surface area contributed by atoms with Gasteiger partial charge in [0.05, 0.1) is 20.4 Å². The predicted octanol–water partition coefficient (Wildman–Crippen LogP) is 0.794. The molecule has 0 spiro atoms. The molecular weight excluding hydrogens is 212 g/mol. The fourth-order valence-electron chi connectivity index (χ4n) is 1.17. The van der Waals surface area contributed by atoms with Gasteiger partial charge in [-0.2, -0.15) is 10.7 Å². The molecule has 0 aromatic heterocycles. The van der Waals surface area contributed by atoms with Crippen LogP contribution >= 0.6 is 0 Å². The first-order chi connectivity index (χ1) is 7.72. The molecule has 0 bridgehead atoms. The number of hydrogen-bond donors (Lipinski definition) is 2. The summed E-state index contributed by atoms with van der Waals surface area (Å²) in [6.07, 6.45) is 1.38. The van der Waals surface area contributed by atoms with Gasteiger partial charge in [0.1, 0.15) is 11.3 Å². The molecule has 1 aromatic rings. The molecule has 0 radical (unpaired) electrons. The fourth-order valence-corrected chi connectivity index (χ4v) is 1.17. The highest BCUT2D eigenvalue weighted by atomic mass is 16.5. The zero-order chi connectivity index (χ0) is 12.0. The Morgan fingerprint density at radius 2 is 2.25 bits per heavy atom. The molecule has 0 amide bonds. The topological polar surface area (TPSA) is 80.2 Å². The van der Waals surface area contributed by atoms with Crippen molar-refractivity contribution in [1.29, 1.82) is 0 Å². The maximum atomic E-state index is 11.3. The van der Waals surface area contributed by atoms with Crippen LogP contribution < -0.4 is 10.3 Å². The van der Waals surface area contributed by atoms with Gasteiger partial charge in [0.2, 0.25) is 0 Å². The number of nitrogens with one attached hydrogen (secondary N) is 1. The summed E-state index contributed by atoms with van der Waals surface area (Å²) in [7, 11) is 2.75. The third-order valence-electron chi connectivity index (χ3n) is 1.90. The molecule has 6 nitrogen and oxygen atoms in total. The number of esters is 1. The van der Waals surface area contributed by atoms with Crippen molar-refractivity contribution in [2.24, 2.45) is 5.10 Å². The van der Waals surface area contributed by atoms with Crippen molar-refractivity contribution in [2.45, 2.75) is 0 Å². The summed E-state index contributed by atoms with van der Waals surface area (Å²) < 4.78 is 9.64. The number of carbonyl (C=O) groups excluding carboxylic acids is 1. The summed E-state index contributed by atoms with van der Waals surface area (Å²) in [5.74, 6) is -0.0886. The molecule has 1 aromatic carbocycles. The minimum absolute atomic E-state index is 0.333. The van der Waals surface area contributed by atoms with E-state index in [0.717, 1.165) is 0 Å². The van der Waals surface area contributed by atoms with Crippen LogP contribution in [0.2, 0.25) is 0 Å². The van der Waals surface area contributed by atoms with E-state index in [0.29, 0.717) is 16.9 Å². The lowest BCUT2D eigenvalue weighted by atomic mass is 10.1. The van der Waals surface area contributed by atoms with Crippen LogP contribution in [0.15, 0.2) is 23.3 Å². The second-order valence-electron chi connectivity index (χ2n) is 2.81. The van der Waals surface area contributed by atoms with E-state index in [2.05, 4.69) is 9.84 Å². The molecule has 0 atom stereocenters. The first-order valence-corrected chi connectivity index (χ1v) is 4.41. The summed E-state index contributed by atoms with van der Waals surface area (Å²) in [4.78, 5) is 11.3. The van der Waals surface area contributed by atoms with Crippen molar-refractivity contribution < 1.29 is 19.5 Å². The Morgan fingerprint density at radius 1 is 1.50 bits per heavy atom. The molecule has 16 heavy (non-hydrogen) atoms. The van der Waals surface area contributed by atoms with Crippen LogP contribution in [0.5, 0.6) is 5.75 Å². The normalized spacial score (nSPS) is 10.2. The standard InChI is InChI=1S/C10H12N2O4/c1-15-9-5-7(6-11-12-14)3-4-8(9)10(13)16-2/h3-6,12,14H,1-2H3/b11-6-. The Morgan fingerprint density at radius 3 is 2.81 bits per heavy atom. The van der Waals surface area contributed by atoms with Crippen LogP contribution in [-0.4, -0.2) is 31.6 Å². The van der Waals surface area contributed by atoms with Gasteiger partial charge in [-0.1, -0.05) is 6.07 Å². The van der Waals surface area contributed by atoms with Gasteiger partial charge in [0, 0.05) is 0 Å². The van der Waals surface area contributed by atoms with Gasteiger partial charge in [-0.25, -0.2) is 4.79 Å². The average molecular weight is 224 g/mol. The number of hydrogen-bond acceptors (Lipinski definition) is 6. The maximum Gasteiger partial charge on any atom is 0.341 e. The second kappa shape index (κ2) is 5.72. The Hall–Kier alpha value is -2.08. The number of methoxy groups -OCH3 is 2. The molecule has 1 rings (SSSR count). The largest absolute Gasteiger partial charge is 0.496 e. The summed E-state index contributed by atoms with van der Waals surface area (Å²) in [5, 5.41) is 11.7. The zero-order valence-corrected chi connectivity index (χ0v) is 8.93. The van der Waals surface area contributed by atoms with E-state index in [-0.39, 0.29) is 0 Å². The van der Waals surface area contributed by atoms with E-state index < -0.39 is 5.97 Å². The van der Waals surface area contributed by atoms with Crippen LogP contribution in [0.3, 0.4) is 0 Å². The number of nitrogens with zero attached hydrogens (tertiary/aromatic N) is 1. The monoisotopic (exact) mass is 224 g/mol. The molecule has 6 heteroatoms. The van der Waals surface area contributed by atoms with E-state index in [9.17, 15) is 4.79 Å². The molecule has 86 valence electrons. The van der Waals surface area contributed by atoms with Gasteiger partial charge in [0.15, 0.2) is 0 Å². The highest BCUT2D eigenvalue weighted by Crippen LogP contribution is 2.20. The molecule has 0 unspecified atom stereocenters. The van der Waals surface area contributed by atoms with Crippen molar-refractivity contribution >= 4 is 12.2 Å². The van der Waals surface area contributed by atoms with E-state index in [1.54, 1.807) is 23.8 Å². The number of rotatable bonds is 4. The lowest BCUT2D eigenvalue weighted by Crippen LogP contribution is -2.04. The Balaban J connectivity index is 3.06. The van der Waals surface area contributed by atoms with Gasteiger partial charge in [0.25, 0.3) is 0 Å². The van der Waals surface area contributed by atoms with E-state index in [1.807, 2.05) is 0 Å². The van der Waals surface area contributed by atoms with E-state index in [4.69, 9.17) is 9.94 Å². The molecule has 0 aliphatic carbocycles. The first kappa shape index (κ1) is 12.0. The van der Waals surface area contributed by atoms with Crippen LogP contribution in [0.25, 0.3) is 0 Å². The quantitative estimate of drug-likeness (QED) is 0.449. The van der Waals surface area contributed by atoms with E-state index >= 15 is 0 Å². The van der Waals surface area contributed by atoms with Gasteiger partial charge >= 0.3 is 5.97 Å². The molecule has 0 aliphatic heterocycles. The molecule has 0 aliphatic rings. The molecule has 0 saturated carbocycles. The molecule has 2 N–H and O–H groups in total. The van der Waals surface area contributed by atoms with Crippen LogP contribution in [0.1, 0.15) is 15.9 Å². The Labute approximate surface area is 92.4 Å². The summed E-state index contributed by atoms with van der Waals surface area (Å²) in [6, 6.07) is 4.81. The highest BCUT2D eigenvalue weighted by Gasteiger charge is 2.12. The van der Waals surface area contributed by atoms with Gasteiger partial charge < -0.3 is 9.47 Å². The SMILES string of the molecule is COC(=O)c1ccc(/C=N\NO)cc1OC. The highest BCUT2D eigenvalue weighted by molar-refractivity contribution is 5.94. The molecular formula is C10H12N2O4. The number of carbonyl (C=O) groups is 1. The van der Waals surface area contributed by atoms with Gasteiger partial charge in [-0.3, -0.25) is 5.21 Å². The average Bonchev–Trinajstić information content (AvgIpc) is 2.34. The molecule has 0 fully saturated rings. The number of benzene rings is 1. The van der Waals surface area contributed by atoms with Crippen LogP contribution in [-0.2, 0) is 4.74 Å². The van der Waals surface area contributed by atoms with Gasteiger partial charge in [-0.05, 0) is 17.7 Å². The third kappa shape index (κ3) is 2.71. The maximum absolute atomic E-state index is 11.3. The lowest BCUT2D eigenvalue weighted by Gasteiger charge is -2.07. The summed E-state index contributed by atoms with van der Waals surface area (Å²) in [6.45, 7) is 0. The van der Waals surface area contributed by atoms with Crippen LogP contribution in [0, 0.1) is 0 Å². The lowest BCUT2D eigenvalue weighted by molar-refractivity contribution is 0.0597. The summed E-state index contributed by atoms with van der Waals surface area (Å²) >= 11 is 0. The van der Waals surface area contributed by atoms with E-state index in [1.165, 1.54) is 20.4 Å². The Bertz CT molecular complexity index is 404. The van der Waals surface area contributed by atoms with Gasteiger partial charge in [-0.15, -0.1) is 0 Å². The molecule has 0 heterocycles.